The molecule has 0 saturated carbocycles. The maximum Gasteiger partial charge on any atom is 0.192 e. The Balaban J connectivity index is 2.32. The van der Waals surface area contributed by atoms with Gasteiger partial charge in [0.25, 0.3) is 0 Å². The largest absolute Gasteiger partial charge is 0.507 e. The van der Waals surface area contributed by atoms with Crippen molar-refractivity contribution >= 4 is 21.4 Å². The summed E-state index contributed by atoms with van der Waals surface area (Å²) >= 11 is 1.11. The van der Waals surface area contributed by atoms with E-state index in [9.17, 15) is 25.2 Å². The van der Waals surface area contributed by atoms with Crippen molar-refractivity contribution in [3.8, 4) is 33.4 Å². The van der Waals surface area contributed by atoms with Crippen LogP contribution in [-0.4, -0.2) is 20.4 Å². The molecule has 0 aliphatic heterocycles. The Bertz CT molecular complexity index is 914. The molecule has 0 aliphatic rings. The molecule has 0 atom stereocenters. The summed E-state index contributed by atoms with van der Waals surface area (Å²) in [6, 6.07) is 8.08. The molecule has 106 valence electrons. The molecular weight excluding hydrogens is 292 g/mol. The number of benzene rings is 2. The number of hydrogen-bond donors (Lipinski definition) is 4. The van der Waals surface area contributed by atoms with E-state index in [1.54, 1.807) is 6.07 Å². The zero-order chi connectivity index (χ0) is 15.1. The molecule has 21 heavy (non-hydrogen) atoms. The van der Waals surface area contributed by atoms with Crippen LogP contribution < -0.4 is 5.43 Å². The van der Waals surface area contributed by atoms with Gasteiger partial charge in [-0.2, -0.15) is 0 Å². The van der Waals surface area contributed by atoms with Gasteiger partial charge in [-0.3, -0.25) is 4.79 Å². The summed E-state index contributed by atoms with van der Waals surface area (Å²) < 4.78 is 0.269. The summed E-state index contributed by atoms with van der Waals surface area (Å²) in [4.78, 5) is 12.6. The molecule has 0 fully saturated rings. The first-order valence-corrected chi connectivity index (χ1v) is 6.80. The molecule has 0 saturated heterocycles. The molecule has 0 amide bonds. The Kier molecular flexibility index (Phi) is 2.95. The Labute approximate surface area is 122 Å². The molecule has 1 aromatic heterocycles. The lowest BCUT2D eigenvalue weighted by atomic mass is 10.1. The van der Waals surface area contributed by atoms with Crippen LogP contribution in [0.1, 0.15) is 0 Å². The first-order chi connectivity index (χ1) is 9.97. The highest BCUT2D eigenvalue weighted by atomic mass is 32.1. The number of hydrogen-bond acceptors (Lipinski definition) is 6. The van der Waals surface area contributed by atoms with Crippen molar-refractivity contribution in [1.29, 1.82) is 0 Å². The summed E-state index contributed by atoms with van der Waals surface area (Å²) in [5.74, 6) is -0.848. The van der Waals surface area contributed by atoms with E-state index in [0.717, 1.165) is 11.3 Å². The number of phenolic OH excluding ortho intramolecular Hbond substituents is 4. The first kappa shape index (κ1) is 13.3. The number of fused-ring (bicyclic) bond motifs is 1. The molecule has 0 radical (unpaired) electrons. The van der Waals surface area contributed by atoms with Crippen LogP contribution >= 0.6 is 11.3 Å². The zero-order valence-electron chi connectivity index (χ0n) is 10.6. The normalized spacial score (nSPS) is 10.9. The van der Waals surface area contributed by atoms with Gasteiger partial charge in [0.15, 0.2) is 16.9 Å². The van der Waals surface area contributed by atoms with Crippen LogP contribution in [0.4, 0.5) is 0 Å². The molecule has 3 aromatic rings. The maximum absolute atomic E-state index is 12.1. The Morgan fingerprint density at radius 1 is 0.762 bits per heavy atom. The van der Waals surface area contributed by atoms with Crippen LogP contribution in [0.5, 0.6) is 23.0 Å². The van der Waals surface area contributed by atoms with E-state index in [1.807, 2.05) is 0 Å². The predicted molar refractivity (Wildman–Crippen MR) is 80.2 cm³/mol. The summed E-state index contributed by atoms with van der Waals surface area (Å²) in [7, 11) is 0. The van der Waals surface area contributed by atoms with Crippen molar-refractivity contribution in [3.63, 3.8) is 0 Å². The molecule has 0 bridgehead atoms. The second-order valence-corrected chi connectivity index (χ2v) is 5.54. The third-order valence-corrected chi connectivity index (χ3v) is 4.29. The summed E-state index contributed by atoms with van der Waals surface area (Å²) in [5.41, 5.74) is 0.0942. The van der Waals surface area contributed by atoms with Crippen LogP contribution in [-0.2, 0) is 0 Å². The van der Waals surface area contributed by atoms with Crippen molar-refractivity contribution in [2.75, 3.05) is 0 Å². The molecule has 1 heterocycles. The van der Waals surface area contributed by atoms with Gasteiger partial charge < -0.3 is 20.4 Å². The lowest BCUT2D eigenvalue weighted by molar-refractivity contribution is 0.404. The highest BCUT2D eigenvalue weighted by molar-refractivity contribution is 7.21. The fourth-order valence-corrected chi connectivity index (χ4v) is 3.16. The molecular formula is C15H10O5S. The highest BCUT2D eigenvalue weighted by Crippen LogP contribution is 2.38. The Morgan fingerprint density at radius 3 is 2.14 bits per heavy atom. The minimum atomic E-state index is -0.431. The van der Waals surface area contributed by atoms with E-state index in [4.69, 9.17) is 0 Å². The van der Waals surface area contributed by atoms with Crippen molar-refractivity contribution in [3.05, 3.63) is 46.6 Å². The molecule has 0 aliphatic carbocycles. The van der Waals surface area contributed by atoms with Crippen LogP contribution in [0.2, 0.25) is 0 Å². The third-order valence-electron chi connectivity index (χ3n) is 3.10. The van der Waals surface area contributed by atoms with Gasteiger partial charge in [0.1, 0.15) is 11.5 Å². The van der Waals surface area contributed by atoms with Gasteiger partial charge >= 0.3 is 0 Å². The topological polar surface area (TPSA) is 98.0 Å². The lowest BCUT2D eigenvalue weighted by Crippen LogP contribution is -1.99. The van der Waals surface area contributed by atoms with Gasteiger partial charge in [0.05, 0.1) is 10.1 Å². The summed E-state index contributed by atoms with van der Waals surface area (Å²) in [6.07, 6.45) is 0. The average molecular weight is 302 g/mol. The van der Waals surface area contributed by atoms with E-state index < -0.39 is 5.43 Å². The standard InChI is InChI=1S/C15H10O5S/c16-8-2-1-7(5-11(8)19)13-6-12(20)14-9(17)3-4-10(18)15(14)21-13/h1-6,16-19H. The van der Waals surface area contributed by atoms with Gasteiger partial charge in [-0.25, -0.2) is 0 Å². The highest BCUT2D eigenvalue weighted by Gasteiger charge is 2.13. The SMILES string of the molecule is O=c1cc(-c2ccc(O)c(O)c2)sc2c(O)ccc(O)c12. The van der Waals surface area contributed by atoms with Gasteiger partial charge in [0, 0.05) is 10.9 Å². The summed E-state index contributed by atoms with van der Waals surface area (Å²) in [6.45, 7) is 0. The van der Waals surface area contributed by atoms with E-state index in [0.29, 0.717) is 10.4 Å². The van der Waals surface area contributed by atoms with Crippen LogP contribution in [0, 0.1) is 0 Å². The Hall–Kier alpha value is -2.73. The molecule has 0 unspecified atom stereocenters. The second kappa shape index (κ2) is 4.68. The number of phenols is 4. The van der Waals surface area contributed by atoms with E-state index in [1.165, 1.54) is 30.3 Å². The van der Waals surface area contributed by atoms with E-state index >= 15 is 0 Å². The molecule has 4 N–H and O–H groups in total. The van der Waals surface area contributed by atoms with Gasteiger partial charge in [-0.1, -0.05) is 0 Å². The minimum Gasteiger partial charge on any atom is -0.507 e. The lowest BCUT2D eigenvalue weighted by Gasteiger charge is -2.06. The molecule has 2 aromatic carbocycles. The van der Waals surface area contributed by atoms with Crippen molar-refractivity contribution < 1.29 is 20.4 Å². The fraction of sp³-hybridized carbons (Fsp3) is 0. The predicted octanol–water partition coefficient (Wildman–Crippen LogP) is 2.75. The van der Waals surface area contributed by atoms with Gasteiger partial charge in [-0.15, -0.1) is 11.3 Å². The average Bonchev–Trinajstić information content (AvgIpc) is 2.45. The van der Waals surface area contributed by atoms with Crippen LogP contribution in [0.25, 0.3) is 20.5 Å². The smallest absolute Gasteiger partial charge is 0.192 e. The first-order valence-electron chi connectivity index (χ1n) is 5.98. The maximum atomic E-state index is 12.1. The minimum absolute atomic E-state index is 0.0618. The monoisotopic (exact) mass is 302 g/mol. The molecule has 5 nitrogen and oxygen atoms in total. The van der Waals surface area contributed by atoms with Crippen LogP contribution in [0.15, 0.2) is 41.2 Å². The zero-order valence-corrected chi connectivity index (χ0v) is 11.4. The number of aromatic hydroxyl groups is 4. The third kappa shape index (κ3) is 2.15. The Morgan fingerprint density at radius 2 is 1.43 bits per heavy atom. The van der Waals surface area contributed by atoms with E-state index in [2.05, 4.69) is 0 Å². The van der Waals surface area contributed by atoms with Crippen LogP contribution in [0.3, 0.4) is 0 Å². The molecule has 6 heteroatoms. The van der Waals surface area contributed by atoms with Gasteiger partial charge in [-0.05, 0) is 35.9 Å². The molecule has 0 spiro atoms. The molecule has 3 rings (SSSR count). The quantitative estimate of drug-likeness (QED) is 0.409. The number of rotatable bonds is 1. The fourth-order valence-electron chi connectivity index (χ4n) is 2.05. The van der Waals surface area contributed by atoms with E-state index in [-0.39, 0.29) is 33.1 Å². The van der Waals surface area contributed by atoms with Crippen molar-refractivity contribution in [2.45, 2.75) is 0 Å². The van der Waals surface area contributed by atoms with Crippen molar-refractivity contribution in [1.82, 2.24) is 0 Å². The summed E-state index contributed by atoms with van der Waals surface area (Å²) in [5, 5.41) is 38.5. The van der Waals surface area contributed by atoms with Crippen molar-refractivity contribution in [2.24, 2.45) is 0 Å². The second-order valence-electron chi connectivity index (χ2n) is 4.49. The van der Waals surface area contributed by atoms with Gasteiger partial charge in [0.2, 0.25) is 0 Å².